The fourth-order valence-corrected chi connectivity index (χ4v) is 1.48. The molecule has 0 aliphatic heterocycles. The summed E-state index contributed by atoms with van der Waals surface area (Å²) in [5, 5.41) is 5.43. The van der Waals surface area contributed by atoms with Crippen LogP contribution in [0.2, 0.25) is 0 Å². The summed E-state index contributed by atoms with van der Waals surface area (Å²) in [6, 6.07) is 6.81. The molecule has 1 aromatic carbocycles. The van der Waals surface area contributed by atoms with E-state index in [-0.39, 0.29) is 23.6 Å². The van der Waals surface area contributed by atoms with Crippen LogP contribution in [0.3, 0.4) is 0 Å². The van der Waals surface area contributed by atoms with Crippen LogP contribution in [0.4, 0.5) is 5.69 Å². The number of amides is 2. The van der Waals surface area contributed by atoms with Gasteiger partial charge in [-0.2, -0.15) is 0 Å². The number of halogens is 1. The summed E-state index contributed by atoms with van der Waals surface area (Å²) < 4.78 is 0. The van der Waals surface area contributed by atoms with Crippen LogP contribution in [-0.2, 0) is 4.79 Å². The van der Waals surface area contributed by atoms with E-state index in [2.05, 4.69) is 10.6 Å². The number of hydrogen-bond acceptors (Lipinski definition) is 2. The first-order valence-electron chi connectivity index (χ1n) is 5.83. The largest absolute Gasteiger partial charge is 0.352 e. The molecule has 0 saturated heterocycles. The third-order valence-electron chi connectivity index (χ3n) is 2.41. The number of benzene rings is 1. The van der Waals surface area contributed by atoms with Crippen molar-refractivity contribution in [2.45, 2.75) is 13.8 Å². The van der Waals surface area contributed by atoms with Crippen molar-refractivity contribution in [2.75, 3.05) is 17.7 Å². The van der Waals surface area contributed by atoms with Crippen molar-refractivity contribution in [3.8, 4) is 0 Å². The lowest BCUT2D eigenvalue weighted by Crippen LogP contribution is -2.24. The Bertz CT molecular complexity index is 435. The van der Waals surface area contributed by atoms with Gasteiger partial charge in [-0.3, -0.25) is 9.59 Å². The molecule has 1 aromatic rings. The average Bonchev–Trinajstić information content (AvgIpc) is 2.38. The maximum absolute atomic E-state index is 11.7. The highest BCUT2D eigenvalue weighted by molar-refractivity contribution is 6.19. The number of anilines is 1. The molecule has 18 heavy (non-hydrogen) atoms. The second kappa shape index (κ2) is 7.01. The minimum atomic E-state index is -0.264. The van der Waals surface area contributed by atoms with Gasteiger partial charge in [0.1, 0.15) is 0 Å². The SMILES string of the molecule is CCNC(=O)c1cccc(NC(=O)C(C)CCl)c1. The number of alkyl halides is 1. The maximum Gasteiger partial charge on any atom is 0.251 e. The van der Waals surface area contributed by atoms with Crippen molar-refractivity contribution < 1.29 is 9.59 Å². The quantitative estimate of drug-likeness (QED) is 0.805. The van der Waals surface area contributed by atoms with E-state index < -0.39 is 0 Å². The van der Waals surface area contributed by atoms with Crippen molar-refractivity contribution in [1.82, 2.24) is 5.32 Å². The van der Waals surface area contributed by atoms with Crippen molar-refractivity contribution in [2.24, 2.45) is 5.92 Å². The summed E-state index contributed by atoms with van der Waals surface area (Å²) in [6.07, 6.45) is 0. The van der Waals surface area contributed by atoms with Crippen LogP contribution in [0, 0.1) is 5.92 Å². The van der Waals surface area contributed by atoms with Crippen LogP contribution in [0.15, 0.2) is 24.3 Å². The van der Waals surface area contributed by atoms with Crippen molar-refractivity contribution in [3.05, 3.63) is 29.8 Å². The van der Waals surface area contributed by atoms with Gasteiger partial charge >= 0.3 is 0 Å². The lowest BCUT2D eigenvalue weighted by atomic mass is 10.1. The molecule has 0 saturated carbocycles. The number of rotatable bonds is 5. The molecule has 0 spiro atoms. The standard InChI is InChI=1S/C13H17ClN2O2/c1-3-15-13(18)10-5-4-6-11(7-10)16-12(17)9(2)8-14/h4-7,9H,3,8H2,1-2H3,(H,15,18)(H,16,17). The van der Waals surface area contributed by atoms with Gasteiger partial charge in [0, 0.05) is 29.6 Å². The monoisotopic (exact) mass is 268 g/mol. The lowest BCUT2D eigenvalue weighted by molar-refractivity contribution is -0.118. The Morgan fingerprint density at radius 2 is 2.11 bits per heavy atom. The summed E-state index contributed by atoms with van der Waals surface area (Å²) in [7, 11) is 0. The van der Waals surface area contributed by atoms with Crippen molar-refractivity contribution in [3.63, 3.8) is 0 Å². The van der Waals surface area contributed by atoms with Crippen LogP contribution >= 0.6 is 11.6 Å². The van der Waals surface area contributed by atoms with Gasteiger partial charge in [-0.1, -0.05) is 13.0 Å². The molecule has 0 aromatic heterocycles. The van der Waals surface area contributed by atoms with E-state index in [1.807, 2.05) is 6.92 Å². The summed E-state index contributed by atoms with van der Waals surface area (Å²) in [5.41, 5.74) is 1.12. The molecule has 2 N–H and O–H groups in total. The third kappa shape index (κ3) is 4.04. The first-order valence-corrected chi connectivity index (χ1v) is 6.37. The Morgan fingerprint density at radius 1 is 1.39 bits per heavy atom. The fraction of sp³-hybridized carbons (Fsp3) is 0.385. The molecular weight excluding hydrogens is 252 g/mol. The number of carbonyl (C=O) groups excluding carboxylic acids is 2. The van der Waals surface area contributed by atoms with Gasteiger partial charge in [0.15, 0.2) is 0 Å². The third-order valence-corrected chi connectivity index (χ3v) is 2.87. The first-order chi connectivity index (χ1) is 8.58. The zero-order valence-corrected chi connectivity index (χ0v) is 11.3. The Labute approximate surface area is 112 Å². The smallest absolute Gasteiger partial charge is 0.251 e. The molecule has 0 aliphatic rings. The van der Waals surface area contributed by atoms with Crippen molar-refractivity contribution >= 4 is 29.1 Å². The van der Waals surface area contributed by atoms with E-state index >= 15 is 0 Å². The Morgan fingerprint density at radius 3 is 2.72 bits per heavy atom. The Hall–Kier alpha value is -1.55. The molecule has 2 amide bonds. The molecule has 5 heteroatoms. The number of hydrogen-bond donors (Lipinski definition) is 2. The molecule has 0 heterocycles. The van der Waals surface area contributed by atoms with E-state index in [0.717, 1.165) is 0 Å². The summed E-state index contributed by atoms with van der Waals surface area (Å²) in [4.78, 5) is 23.3. The van der Waals surface area contributed by atoms with Gasteiger partial charge < -0.3 is 10.6 Å². The predicted octanol–water partition coefficient (Wildman–Crippen LogP) is 2.25. The highest BCUT2D eigenvalue weighted by atomic mass is 35.5. The average molecular weight is 269 g/mol. The zero-order chi connectivity index (χ0) is 13.5. The van der Waals surface area contributed by atoms with Crippen LogP contribution in [0.5, 0.6) is 0 Å². The molecule has 1 rings (SSSR count). The summed E-state index contributed by atoms with van der Waals surface area (Å²) in [5.74, 6) is -0.307. The summed E-state index contributed by atoms with van der Waals surface area (Å²) >= 11 is 5.61. The minimum absolute atomic E-state index is 0.154. The molecule has 1 atom stereocenters. The fourth-order valence-electron chi connectivity index (χ4n) is 1.34. The van der Waals surface area contributed by atoms with Gasteiger partial charge in [-0.05, 0) is 25.1 Å². The van der Waals surface area contributed by atoms with Gasteiger partial charge in [-0.15, -0.1) is 11.6 Å². The van der Waals surface area contributed by atoms with E-state index in [1.165, 1.54) is 0 Å². The molecule has 0 fully saturated rings. The second-order valence-electron chi connectivity index (χ2n) is 3.98. The normalized spacial score (nSPS) is 11.7. The van der Waals surface area contributed by atoms with Crippen LogP contribution < -0.4 is 10.6 Å². The predicted molar refractivity (Wildman–Crippen MR) is 73.0 cm³/mol. The molecular formula is C13H17ClN2O2. The van der Waals surface area contributed by atoms with E-state index in [4.69, 9.17) is 11.6 Å². The molecule has 0 bridgehead atoms. The van der Waals surface area contributed by atoms with Gasteiger partial charge in [0.2, 0.25) is 5.91 Å². The lowest BCUT2D eigenvalue weighted by Gasteiger charge is -2.10. The van der Waals surface area contributed by atoms with Crippen LogP contribution in [0.25, 0.3) is 0 Å². The van der Waals surface area contributed by atoms with Gasteiger partial charge in [0.05, 0.1) is 0 Å². The minimum Gasteiger partial charge on any atom is -0.352 e. The first kappa shape index (κ1) is 14.5. The molecule has 4 nitrogen and oxygen atoms in total. The molecule has 0 aliphatic carbocycles. The Kier molecular flexibility index (Phi) is 5.65. The summed E-state index contributed by atoms with van der Waals surface area (Å²) in [6.45, 7) is 4.17. The highest BCUT2D eigenvalue weighted by Crippen LogP contribution is 2.12. The van der Waals surface area contributed by atoms with Crippen LogP contribution in [0.1, 0.15) is 24.2 Å². The van der Waals surface area contributed by atoms with Crippen molar-refractivity contribution in [1.29, 1.82) is 0 Å². The van der Waals surface area contributed by atoms with Crippen LogP contribution in [-0.4, -0.2) is 24.2 Å². The van der Waals surface area contributed by atoms with E-state index in [9.17, 15) is 9.59 Å². The second-order valence-corrected chi connectivity index (χ2v) is 4.29. The number of nitrogens with one attached hydrogen (secondary N) is 2. The highest BCUT2D eigenvalue weighted by Gasteiger charge is 2.12. The topological polar surface area (TPSA) is 58.2 Å². The van der Waals surface area contributed by atoms with E-state index in [0.29, 0.717) is 17.8 Å². The zero-order valence-electron chi connectivity index (χ0n) is 10.5. The molecule has 0 radical (unpaired) electrons. The Balaban J connectivity index is 2.76. The van der Waals surface area contributed by atoms with Gasteiger partial charge in [-0.25, -0.2) is 0 Å². The molecule has 98 valence electrons. The maximum atomic E-state index is 11.7. The van der Waals surface area contributed by atoms with E-state index in [1.54, 1.807) is 31.2 Å². The molecule has 1 unspecified atom stereocenters. The number of carbonyl (C=O) groups is 2. The van der Waals surface area contributed by atoms with Gasteiger partial charge in [0.25, 0.3) is 5.91 Å².